The topological polar surface area (TPSA) is 67.6 Å². The molecule has 5 heteroatoms. The second-order valence-electron chi connectivity index (χ2n) is 4.74. The van der Waals surface area contributed by atoms with E-state index < -0.39 is 0 Å². The van der Waals surface area contributed by atoms with Crippen LogP contribution in [-0.2, 0) is 9.53 Å². The summed E-state index contributed by atoms with van der Waals surface area (Å²) >= 11 is 0. The first-order valence-electron chi connectivity index (χ1n) is 6.38. The van der Waals surface area contributed by atoms with Crippen LogP contribution in [0.15, 0.2) is 0 Å². The van der Waals surface area contributed by atoms with Crippen LogP contribution >= 0.6 is 0 Å². The van der Waals surface area contributed by atoms with Gasteiger partial charge in [0.25, 0.3) is 0 Å². The summed E-state index contributed by atoms with van der Waals surface area (Å²) in [5, 5.41) is 2.84. The lowest BCUT2D eigenvalue weighted by Crippen LogP contribution is -2.52. The standard InChI is InChI=1S/C12H25N3O2/c1-10-4-3-6-15(11(10)8-13)9-12(16)14-5-7-17-2/h10-11H,3-9,13H2,1-2H3,(H,14,16). The van der Waals surface area contributed by atoms with Crippen LogP contribution < -0.4 is 11.1 Å². The van der Waals surface area contributed by atoms with E-state index >= 15 is 0 Å². The summed E-state index contributed by atoms with van der Waals surface area (Å²) in [5.74, 6) is 0.648. The zero-order chi connectivity index (χ0) is 12.7. The second-order valence-corrected chi connectivity index (χ2v) is 4.74. The van der Waals surface area contributed by atoms with Crippen molar-refractivity contribution >= 4 is 5.91 Å². The molecule has 0 aromatic carbocycles. The Balaban J connectivity index is 2.35. The van der Waals surface area contributed by atoms with E-state index in [0.29, 0.717) is 38.2 Å². The lowest BCUT2D eigenvalue weighted by atomic mass is 9.91. The highest BCUT2D eigenvalue weighted by molar-refractivity contribution is 5.78. The zero-order valence-electron chi connectivity index (χ0n) is 10.9. The minimum Gasteiger partial charge on any atom is -0.383 e. The fourth-order valence-electron chi connectivity index (χ4n) is 2.45. The van der Waals surface area contributed by atoms with Crippen molar-refractivity contribution < 1.29 is 9.53 Å². The number of nitrogens with two attached hydrogens (primary N) is 1. The molecule has 0 aliphatic carbocycles. The molecule has 0 aromatic rings. The summed E-state index contributed by atoms with van der Waals surface area (Å²) < 4.78 is 4.89. The van der Waals surface area contributed by atoms with Crippen LogP contribution in [0.5, 0.6) is 0 Å². The minimum absolute atomic E-state index is 0.0644. The van der Waals surface area contributed by atoms with E-state index in [1.54, 1.807) is 7.11 Å². The third-order valence-corrected chi connectivity index (χ3v) is 3.45. The molecule has 1 rings (SSSR count). The largest absolute Gasteiger partial charge is 0.383 e. The predicted octanol–water partition coefficient (Wildman–Crippen LogP) is -0.192. The normalized spacial score (nSPS) is 25.8. The summed E-state index contributed by atoms with van der Waals surface area (Å²) in [4.78, 5) is 13.9. The second kappa shape index (κ2) is 7.63. The first kappa shape index (κ1) is 14.4. The number of hydrogen-bond donors (Lipinski definition) is 2. The monoisotopic (exact) mass is 243 g/mol. The number of nitrogens with one attached hydrogen (secondary N) is 1. The van der Waals surface area contributed by atoms with E-state index in [9.17, 15) is 4.79 Å². The molecule has 1 heterocycles. The molecular formula is C12H25N3O2. The summed E-state index contributed by atoms with van der Waals surface area (Å²) in [6.45, 7) is 5.41. The van der Waals surface area contributed by atoms with Gasteiger partial charge >= 0.3 is 0 Å². The molecule has 1 aliphatic rings. The molecule has 0 saturated carbocycles. The van der Waals surface area contributed by atoms with Gasteiger partial charge in [0.05, 0.1) is 13.2 Å². The van der Waals surface area contributed by atoms with Gasteiger partial charge in [0.15, 0.2) is 0 Å². The average molecular weight is 243 g/mol. The number of amides is 1. The van der Waals surface area contributed by atoms with Crippen LogP contribution in [0.1, 0.15) is 19.8 Å². The van der Waals surface area contributed by atoms with Crippen molar-refractivity contribution in [3.05, 3.63) is 0 Å². The molecule has 0 radical (unpaired) electrons. The molecule has 1 saturated heterocycles. The van der Waals surface area contributed by atoms with Crippen molar-refractivity contribution in [2.45, 2.75) is 25.8 Å². The number of methoxy groups -OCH3 is 1. The Labute approximate surface area is 104 Å². The lowest BCUT2D eigenvalue weighted by molar-refractivity contribution is -0.123. The first-order valence-corrected chi connectivity index (χ1v) is 6.38. The Morgan fingerprint density at radius 1 is 1.59 bits per heavy atom. The fourth-order valence-corrected chi connectivity index (χ4v) is 2.45. The van der Waals surface area contributed by atoms with Gasteiger partial charge in [-0.15, -0.1) is 0 Å². The van der Waals surface area contributed by atoms with Gasteiger partial charge in [0.2, 0.25) is 5.91 Å². The highest BCUT2D eigenvalue weighted by atomic mass is 16.5. The highest BCUT2D eigenvalue weighted by Gasteiger charge is 2.28. The maximum absolute atomic E-state index is 11.7. The fraction of sp³-hybridized carbons (Fsp3) is 0.917. The molecule has 1 amide bonds. The van der Waals surface area contributed by atoms with Crippen LogP contribution in [0, 0.1) is 5.92 Å². The van der Waals surface area contributed by atoms with Gasteiger partial charge < -0.3 is 15.8 Å². The summed E-state index contributed by atoms with van der Waals surface area (Å²) in [7, 11) is 1.63. The van der Waals surface area contributed by atoms with Crippen molar-refractivity contribution in [1.29, 1.82) is 0 Å². The number of carbonyl (C=O) groups is 1. The Hall–Kier alpha value is -0.650. The third-order valence-electron chi connectivity index (χ3n) is 3.45. The number of rotatable bonds is 6. The van der Waals surface area contributed by atoms with Crippen molar-refractivity contribution in [1.82, 2.24) is 10.2 Å². The van der Waals surface area contributed by atoms with Crippen LogP contribution in [0.25, 0.3) is 0 Å². The Morgan fingerprint density at radius 2 is 2.35 bits per heavy atom. The van der Waals surface area contributed by atoms with Crippen LogP contribution in [0.4, 0.5) is 0 Å². The molecule has 2 unspecified atom stereocenters. The Bertz CT molecular complexity index is 236. The van der Waals surface area contributed by atoms with E-state index in [-0.39, 0.29) is 5.91 Å². The maximum atomic E-state index is 11.7. The van der Waals surface area contributed by atoms with E-state index in [1.807, 2.05) is 0 Å². The van der Waals surface area contributed by atoms with Crippen LogP contribution in [0.2, 0.25) is 0 Å². The molecule has 0 aromatic heterocycles. The molecule has 0 bridgehead atoms. The van der Waals surface area contributed by atoms with Gasteiger partial charge in [-0.05, 0) is 25.3 Å². The summed E-state index contributed by atoms with van der Waals surface area (Å²) in [6.07, 6.45) is 2.37. The first-order chi connectivity index (χ1) is 8.19. The number of hydrogen-bond acceptors (Lipinski definition) is 4. The van der Waals surface area contributed by atoms with Gasteiger partial charge in [-0.3, -0.25) is 9.69 Å². The van der Waals surface area contributed by atoms with E-state index in [4.69, 9.17) is 10.5 Å². The molecule has 1 fully saturated rings. The quantitative estimate of drug-likeness (QED) is 0.634. The minimum atomic E-state index is 0.0644. The van der Waals surface area contributed by atoms with E-state index in [2.05, 4.69) is 17.1 Å². The Kier molecular flexibility index (Phi) is 6.47. The maximum Gasteiger partial charge on any atom is 0.234 e. The van der Waals surface area contributed by atoms with Gasteiger partial charge in [-0.2, -0.15) is 0 Å². The Morgan fingerprint density at radius 3 is 3.00 bits per heavy atom. The van der Waals surface area contributed by atoms with Crippen molar-refractivity contribution in [2.75, 3.05) is 39.9 Å². The van der Waals surface area contributed by atoms with Crippen molar-refractivity contribution in [2.24, 2.45) is 11.7 Å². The number of nitrogens with zero attached hydrogens (tertiary/aromatic N) is 1. The lowest BCUT2D eigenvalue weighted by Gasteiger charge is -2.38. The SMILES string of the molecule is COCCNC(=O)CN1CCCC(C)C1CN. The van der Waals surface area contributed by atoms with Gasteiger partial charge in [-0.1, -0.05) is 6.92 Å². The molecule has 0 spiro atoms. The van der Waals surface area contributed by atoms with E-state index in [1.165, 1.54) is 6.42 Å². The van der Waals surface area contributed by atoms with Gasteiger partial charge in [0, 0.05) is 26.2 Å². The van der Waals surface area contributed by atoms with Crippen LogP contribution in [0.3, 0.4) is 0 Å². The molecule has 100 valence electrons. The summed E-state index contributed by atoms with van der Waals surface area (Å²) in [6, 6.07) is 0.344. The number of ether oxygens (including phenoxy) is 1. The third kappa shape index (κ3) is 4.61. The van der Waals surface area contributed by atoms with Crippen molar-refractivity contribution in [3.8, 4) is 0 Å². The smallest absolute Gasteiger partial charge is 0.234 e. The summed E-state index contributed by atoms with van der Waals surface area (Å²) in [5.41, 5.74) is 5.79. The van der Waals surface area contributed by atoms with Gasteiger partial charge in [0.1, 0.15) is 0 Å². The average Bonchev–Trinajstić information content (AvgIpc) is 2.29. The van der Waals surface area contributed by atoms with Gasteiger partial charge in [-0.25, -0.2) is 0 Å². The van der Waals surface area contributed by atoms with Crippen LogP contribution in [-0.4, -0.2) is 56.7 Å². The number of piperidine rings is 1. The predicted molar refractivity (Wildman–Crippen MR) is 67.7 cm³/mol. The highest BCUT2D eigenvalue weighted by Crippen LogP contribution is 2.21. The van der Waals surface area contributed by atoms with E-state index in [0.717, 1.165) is 13.0 Å². The molecule has 2 atom stereocenters. The molecular weight excluding hydrogens is 218 g/mol. The molecule has 3 N–H and O–H groups in total. The molecule has 17 heavy (non-hydrogen) atoms. The van der Waals surface area contributed by atoms with Crippen molar-refractivity contribution in [3.63, 3.8) is 0 Å². The number of carbonyl (C=O) groups excluding carboxylic acids is 1. The number of likely N-dealkylation sites (tertiary alicyclic amines) is 1. The molecule has 1 aliphatic heterocycles. The molecule has 5 nitrogen and oxygen atoms in total. The zero-order valence-corrected chi connectivity index (χ0v) is 10.9.